The third-order valence-electron chi connectivity index (χ3n) is 2.78. The van der Waals surface area contributed by atoms with Crippen LogP contribution in [-0.4, -0.2) is 31.9 Å². The number of benzene rings is 1. The van der Waals surface area contributed by atoms with Gasteiger partial charge < -0.3 is 15.2 Å². The second-order valence-corrected chi connectivity index (χ2v) is 4.28. The number of aliphatic hydroxyl groups excluding tert-OH is 1. The van der Waals surface area contributed by atoms with Crippen molar-refractivity contribution in [1.29, 1.82) is 0 Å². The summed E-state index contributed by atoms with van der Waals surface area (Å²) in [5.74, 6) is 0. The lowest BCUT2D eigenvalue weighted by atomic mass is 10.0. The average Bonchev–Trinajstić information content (AvgIpc) is 2.33. The predicted octanol–water partition coefficient (Wildman–Crippen LogP) is 2.28. The molecule has 0 saturated heterocycles. The van der Waals surface area contributed by atoms with Crippen LogP contribution in [0.1, 0.15) is 22.8 Å². The second kappa shape index (κ2) is 6.88. The highest BCUT2D eigenvalue weighted by Gasteiger charge is 2.30. The number of methoxy groups -OCH3 is 1. The van der Waals surface area contributed by atoms with E-state index in [1.54, 1.807) is 14.0 Å². The van der Waals surface area contributed by atoms with Crippen LogP contribution in [0.3, 0.4) is 0 Å². The van der Waals surface area contributed by atoms with E-state index in [1.165, 1.54) is 6.07 Å². The Morgan fingerprint density at radius 2 is 2.05 bits per heavy atom. The summed E-state index contributed by atoms with van der Waals surface area (Å²) in [4.78, 5) is 0. The summed E-state index contributed by atoms with van der Waals surface area (Å²) in [5, 5.41) is 12.9. The second-order valence-electron chi connectivity index (χ2n) is 4.28. The topological polar surface area (TPSA) is 41.5 Å². The Morgan fingerprint density at radius 1 is 1.37 bits per heavy atom. The number of hydrogen-bond acceptors (Lipinski definition) is 3. The molecule has 0 bridgehead atoms. The predicted molar refractivity (Wildman–Crippen MR) is 65.9 cm³/mol. The Labute approximate surface area is 110 Å². The molecule has 2 N–H and O–H groups in total. The Balaban J connectivity index is 2.68. The lowest BCUT2D eigenvalue weighted by molar-refractivity contribution is -0.137. The van der Waals surface area contributed by atoms with E-state index >= 15 is 0 Å². The zero-order valence-electron chi connectivity index (χ0n) is 10.9. The third kappa shape index (κ3) is 4.81. The monoisotopic (exact) mass is 277 g/mol. The first-order valence-corrected chi connectivity index (χ1v) is 5.91. The summed E-state index contributed by atoms with van der Waals surface area (Å²) < 4.78 is 42.3. The van der Waals surface area contributed by atoms with Crippen molar-refractivity contribution in [2.45, 2.75) is 19.2 Å². The molecule has 1 aromatic carbocycles. The molecule has 0 fully saturated rings. The van der Waals surface area contributed by atoms with Crippen LogP contribution in [0.15, 0.2) is 18.2 Å². The molecular weight excluding hydrogens is 259 g/mol. The number of alkyl halides is 3. The van der Waals surface area contributed by atoms with Crippen LogP contribution < -0.4 is 5.32 Å². The van der Waals surface area contributed by atoms with Crippen molar-refractivity contribution in [3.05, 3.63) is 34.9 Å². The summed E-state index contributed by atoms with van der Waals surface area (Å²) in [7, 11) is 1.57. The van der Waals surface area contributed by atoms with E-state index in [9.17, 15) is 18.3 Å². The molecule has 0 aliphatic heterocycles. The van der Waals surface area contributed by atoms with Crippen molar-refractivity contribution in [2.75, 3.05) is 26.8 Å². The highest BCUT2D eigenvalue weighted by atomic mass is 19.4. The van der Waals surface area contributed by atoms with Gasteiger partial charge in [-0.05, 0) is 30.2 Å². The normalized spacial score (nSPS) is 13.6. The summed E-state index contributed by atoms with van der Waals surface area (Å²) in [6.45, 7) is 2.92. The van der Waals surface area contributed by atoms with Crippen LogP contribution in [0.5, 0.6) is 0 Å². The number of ether oxygens (including phenoxy) is 1. The van der Waals surface area contributed by atoms with Gasteiger partial charge in [0.05, 0.1) is 18.3 Å². The first-order chi connectivity index (χ1) is 8.86. The van der Waals surface area contributed by atoms with Crippen molar-refractivity contribution in [3.63, 3.8) is 0 Å². The molecular formula is C13H18F3NO2. The maximum Gasteiger partial charge on any atom is 0.416 e. The fraction of sp³-hybridized carbons (Fsp3) is 0.538. The van der Waals surface area contributed by atoms with Crippen LogP contribution in [0.25, 0.3) is 0 Å². The van der Waals surface area contributed by atoms with Gasteiger partial charge in [-0.15, -0.1) is 0 Å². The Bertz CT molecular complexity index is 407. The van der Waals surface area contributed by atoms with Gasteiger partial charge in [-0.2, -0.15) is 13.2 Å². The summed E-state index contributed by atoms with van der Waals surface area (Å²) in [6.07, 6.45) is -5.19. The van der Waals surface area contributed by atoms with E-state index in [0.29, 0.717) is 24.3 Å². The van der Waals surface area contributed by atoms with Gasteiger partial charge in [0, 0.05) is 20.2 Å². The number of aliphatic hydroxyl groups is 1. The van der Waals surface area contributed by atoms with Crippen molar-refractivity contribution in [2.24, 2.45) is 0 Å². The van der Waals surface area contributed by atoms with Gasteiger partial charge in [-0.25, -0.2) is 0 Å². The summed E-state index contributed by atoms with van der Waals surface area (Å²) in [6, 6.07) is 3.36. The first-order valence-electron chi connectivity index (χ1n) is 5.91. The molecule has 0 saturated carbocycles. The number of halogens is 3. The number of aryl methyl sites for hydroxylation is 1. The highest BCUT2D eigenvalue weighted by Crippen LogP contribution is 2.31. The molecule has 0 spiro atoms. The molecule has 1 aromatic rings. The number of nitrogens with one attached hydrogen (secondary N) is 1. The SMILES string of the molecule is COCCNCC(O)c1ccc(C(F)(F)F)cc1C. The molecule has 3 nitrogen and oxygen atoms in total. The van der Waals surface area contributed by atoms with Crippen LogP contribution in [0.2, 0.25) is 0 Å². The quantitative estimate of drug-likeness (QED) is 0.784. The molecule has 1 rings (SSSR count). The molecule has 0 aliphatic rings. The van der Waals surface area contributed by atoms with E-state index in [1.807, 2.05) is 0 Å². The largest absolute Gasteiger partial charge is 0.416 e. The lowest BCUT2D eigenvalue weighted by Gasteiger charge is -2.16. The van der Waals surface area contributed by atoms with Gasteiger partial charge in [0.2, 0.25) is 0 Å². The Kier molecular flexibility index (Phi) is 5.78. The minimum atomic E-state index is -4.36. The van der Waals surface area contributed by atoms with Crippen LogP contribution in [0, 0.1) is 6.92 Å². The van der Waals surface area contributed by atoms with Crippen molar-refractivity contribution in [1.82, 2.24) is 5.32 Å². The molecule has 0 aliphatic carbocycles. The van der Waals surface area contributed by atoms with E-state index in [2.05, 4.69) is 5.32 Å². The first kappa shape index (κ1) is 15.9. The van der Waals surface area contributed by atoms with Crippen LogP contribution in [0.4, 0.5) is 13.2 Å². The van der Waals surface area contributed by atoms with Gasteiger partial charge in [-0.1, -0.05) is 6.07 Å². The molecule has 0 radical (unpaired) electrons. The van der Waals surface area contributed by atoms with Crippen LogP contribution >= 0.6 is 0 Å². The van der Waals surface area contributed by atoms with Gasteiger partial charge in [0.25, 0.3) is 0 Å². The maximum absolute atomic E-state index is 12.5. The number of hydrogen-bond donors (Lipinski definition) is 2. The minimum Gasteiger partial charge on any atom is -0.387 e. The molecule has 108 valence electrons. The zero-order chi connectivity index (χ0) is 14.5. The van der Waals surface area contributed by atoms with Gasteiger partial charge >= 0.3 is 6.18 Å². The van der Waals surface area contributed by atoms with E-state index in [0.717, 1.165) is 12.1 Å². The van der Waals surface area contributed by atoms with E-state index in [-0.39, 0.29) is 6.54 Å². The molecule has 1 atom stereocenters. The van der Waals surface area contributed by atoms with Crippen molar-refractivity contribution >= 4 is 0 Å². The van der Waals surface area contributed by atoms with Gasteiger partial charge in [0.15, 0.2) is 0 Å². The van der Waals surface area contributed by atoms with Gasteiger partial charge in [-0.3, -0.25) is 0 Å². The Morgan fingerprint density at radius 3 is 2.58 bits per heavy atom. The molecule has 19 heavy (non-hydrogen) atoms. The fourth-order valence-corrected chi connectivity index (χ4v) is 1.75. The standard InChI is InChI=1S/C13H18F3NO2/c1-9-7-10(13(14,15)16)3-4-11(9)12(18)8-17-5-6-19-2/h3-4,7,12,17-18H,5-6,8H2,1-2H3. The van der Waals surface area contributed by atoms with Gasteiger partial charge in [0.1, 0.15) is 0 Å². The maximum atomic E-state index is 12.5. The molecule has 0 heterocycles. The van der Waals surface area contributed by atoms with Crippen LogP contribution in [-0.2, 0) is 10.9 Å². The number of rotatable bonds is 6. The molecule has 1 unspecified atom stereocenters. The van der Waals surface area contributed by atoms with Crippen molar-refractivity contribution < 1.29 is 23.0 Å². The Hall–Kier alpha value is -1.11. The summed E-state index contributed by atoms with van der Waals surface area (Å²) >= 11 is 0. The van der Waals surface area contributed by atoms with E-state index in [4.69, 9.17) is 4.74 Å². The third-order valence-corrected chi connectivity index (χ3v) is 2.78. The molecule has 6 heteroatoms. The van der Waals surface area contributed by atoms with Crippen molar-refractivity contribution in [3.8, 4) is 0 Å². The lowest BCUT2D eigenvalue weighted by Crippen LogP contribution is -2.25. The highest BCUT2D eigenvalue weighted by molar-refractivity contribution is 5.34. The molecule has 0 aromatic heterocycles. The minimum absolute atomic E-state index is 0.273. The fourth-order valence-electron chi connectivity index (χ4n) is 1.75. The zero-order valence-corrected chi connectivity index (χ0v) is 10.9. The smallest absolute Gasteiger partial charge is 0.387 e. The molecule has 0 amide bonds. The van der Waals surface area contributed by atoms with E-state index < -0.39 is 17.8 Å². The summed E-state index contributed by atoms with van der Waals surface area (Å²) in [5.41, 5.74) is 0.224. The average molecular weight is 277 g/mol.